The van der Waals surface area contributed by atoms with Gasteiger partial charge in [0.05, 0.1) is 25.7 Å². The zero-order chi connectivity index (χ0) is 21.1. The summed E-state index contributed by atoms with van der Waals surface area (Å²) in [5, 5.41) is 0. The molecule has 5 heteroatoms. The van der Waals surface area contributed by atoms with E-state index in [0.717, 1.165) is 22.3 Å². The molecule has 1 aliphatic rings. The molecular formula is C23H30O4Si. The Balaban J connectivity index is 2.40. The third kappa shape index (κ3) is 5.14. The lowest BCUT2D eigenvalue weighted by Crippen LogP contribution is -2.17. The zero-order valence-electron chi connectivity index (χ0n) is 18.0. The second-order valence-corrected chi connectivity index (χ2v) is 13.0. The van der Waals surface area contributed by atoms with Crippen LogP contribution in [-0.2, 0) is 19.1 Å². The fourth-order valence-electron chi connectivity index (χ4n) is 3.48. The number of benzene rings is 1. The smallest absolute Gasteiger partial charge is 0.306 e. The molecule has 0 amide bonds. The van der Waals surface area contributed by atoms with Gasteiger partial charge >= 0.3 is 5.97 Å². The Morgan fingerprint density at radius 3 is 2.32 bits per heavy atom. The highest BCUT2D eigenvalue weighted by atomic mass is 28.3. The lowest BCUT2D eigenvalue weighted by Gasteiger charge is -2.14. The van der Waals surface area contributed by atoms with Gasteiger partial charge in [-0.1, -0.05) is 25.6 Å². The molecular weight excluding hydrogens is 368 g/mol. The summed E-state index contributed by atoms with van der Waals surface area (Å²) in [6, 6.07) is 4.06. The van der Waals surface area contributed by atoms with Gasteiger partial charge in [-0.25, -0.2) is 0 Å². The van der Waals surface area contributed by atoms with Crippen molar-refractivity contribution in [2.75, 3.05) is 13.7 Å². The Morgan fingerprint density at radius 2 is 1.82 bits per heavy atom. The van der Waals surface area contributed by atoms with Gasteiger partial charge in [0.15, 0.2) is 5.78 Å². The molecule has 0 aliphatic heterocycles. The molecule has 1 aliphatic carbocycles. The minimum absolute atomic E-state index is 0.0444. The molecule has 4 nitrogen and oxygen atoms in total. The largest absolute Gasteiger partial charge is 0.500 e. The van der Waals surface area contributed by atoms with Crippen LogP contribution in [0.5, 0.6) is 0 Å². The predicted molar refractivity (Wildman–Crippen MR) is 114 cm³/mol. The maximum atomic E-state index is 13.1. The van der Waals surface area contributed by atoms with Crippen LogP contribution in [0.2, 0.25) is 19.6 Å². The quantitative estimate of drug-likeness (QED) is 0.418. The number of ketones is 1. The van der Waals surface area contributed by atoms with Gasteiger partial charge < -0.3 is 9.47 Å². The summed E-state index contributed by atoms with van der Waals surface area (Å²) >= 11 is 0. The van der Waals surface area contributed by atoms with Gasteiger partial charge in [0.1, 0.15) is 13.8 Å². The SMILES string of the molecule is CCOC(=O)CC1CC(OC)=C(c2c(C)cc(C#C[Si](C)(C)C)cc2C)C1=O. The molecule has 0 saturated heterocycles. The van der Waals surface area contributed by atoms with E-state index in [2.05, 4.69) is 31.1 Å². The van der Waals surface area contributed by atoms with Crippen molar-refractivity contribution in [3.05, 3.63) is 40.1 Å². The Hall–Kier alpha value is -2.32. The average molecular weight is 399 g/mol. The Labute approximate surface area is 169 Å². The summed E-state index contributed by atoms with van der Waals surface area (Å²) < 4.78 is 10.6. The molecule has 1 aromatic carbocycles. The topological polar surface area (TPSA) is 52.6 Å². The molecule has 0 fully saturated rings. The molecule has 28 heavy (non-hydrogen) atoms. The van der Waals surface area contributed by atoms with Crippen molar-refractivity contribution in [1.29, 1.82) is 0 Å². The summed E-state index contributed by atoms with van der Waals surface area (Å²) in [4.78, 5) is 25.0. The van der Waals surface area contributed by atoms with Crippen molar-refractivity contribution in [2.45, 2.75) is 53.3 Å². The highest BCUT2D eigenvalue weighted by Gasteiger charge is 2.37. The van der Waals surface area contributed by atoms with E-state index >= 15 is 0 Å². The molecule has 0 aromatic heterocycles. The van der Waals surface area contributed by atoms with E-state index in [1.165, 1.54) is 0 Å². The fourth-order valence-corrected chi connectivity index (χ4v) is 4.00. The Kier molecular flexibility index (Phi) is 6.90. The summed E-state index contributed by atoms with van der Waals surface area (Å²) in [6.45, 7) is 12.7. The van der Waals surface area contributed by atoms with Crippen molar-refractivity contribution < 1.29 is 19.1 Å². The van der Waals surface area contributed by atoms with Crippen LogP contribution in [0, 0.1) is 31.2 Å². The molecule has 0 spiro atoms. The number of Topliss-reactive ketones (excluding diaryl/α,β-unsaturated/α-hetero) is 1. The molecule has 1 atom stereocenters. The van der Waals surface area contributed by atoms with Gasteiger partial charge in [0.25, 0.3) is 0 Å². The first-order valence-corrected chi connectivity index (χ1v) is 13.2. The maximum absolute atomic E-state index is 13.1. The van der Waals surface area contributed by atoms with Crippen molar-refractivity contribution in [2.24, 2.45) is 5.92 Å². The lowest BCUT2D eigenvalue weighted by atomic mass is 9.90. The molecule has 2 rings (SSSR count). The number of rotatable bonds is 5. The van der Waals surface area contributed by atoms with Gasteiger partial charge in [0, 0.05) is 17.9 Å². The van der Waals surface area contributed by atoms with Crippen molar-refractivity contribution in [1.82, 2.24) is 0 Å². The molecule has 150 valence electrons. The maximum Gasteiger partial charge on any atom is 0.306 e. The number of methoxy groups -OCH3 is 1. The normalized spacial score (nSPS) is 16.7. The van der Waals surface area contributed by atoms with Gasteiger partial charge in [0.2, 0.25) is 0 Å². The first-order valence-electron chi connectivity index (χ1n) is 9.69. The van der Waals surface area contributed by atoms with Gasteiger partial charge in [-0.2, -0.15) is 0 Å². The van der Waals surface area contributed by atoms with Crippen LogP contribution in [0.25, 0.3) is 5.57 Å². The molecule has 1 aromatic rings. The Morgan fingerprint density at radius 1 is 1.21 bits per heavy atom. The minimum Gasteiger partial charge on any atom is -0.500 e. The number of aryl methyl sites for hydroxylation is 2. The van der Waals surface area contributed by atoms with E-state index in [-0.39, 0.29) is 18.2 Å². The molecule has 0 saturated carbocycles. The number of carbonyl (C=O) groups excluding carboxylic acids is 2. The van der Waals surface area contributed by atoms with Crippen LogP contribution >= 0.6 is 0 Å². The monoisotopic (exact) mass is 398 g/mol. The van der Waals surface area contributed by atoms with Crippen molar-refractivity contribution in [3.63, 3.8) is 0 Å². The standard InChI is InChI=1S/C23H30O4Si/c1-8-27-20(24)14-18-13-19(26-4)22(23(18)25)21-15(2)11-17(12-16(21)3)9-10-28(5,6)7/h11-12,18H,8,13-14H2,1-7H3. The average Bonchev–Trinajstić information content (AvgIpc) is 2.88. The number of hydrogen-bond acceptors (Lipinski definition) is 4. The highest BCUT2D eigenvalue weighted by Crippen LogP contribution is 2.39. The van der Waals surface area contributed by atoms with E-state index < -0.39 is 14.0 Å². The highest BCUT2D eigenvalue weighted by molar-refractivity contribution is 6.83. The van der Waals surface area contributed by atoms with E-state index in [1.54, 1.807) is 14.0 Å². The molecule has 1 unspecified atom stereocenters. The number of ether oxygens (including phenoxy) is 2. The summed E-state index contributed by atoms with van der Waals surface area (Å²) in [5.74, 6) is 3.12. The minimum atomic E-state index is -1.46. The van der Waals surface area contributed by atoms with Crippen LogP contribution < -0.4 is 0 Å². The first-order chi connectivity index (χ1) is 13.1. The van der Waals surface area contributed by atoms with E-state index in [4.69, 9.17) is 9.47 Å². The number of allylic oxidation sites excluding steroid dienone is 2. The second-order valence-electron chi connectivity index (χ2n) is 8.26. The number of esters is 1. The molecule has 0 heterocycles. The lowest BCUT2D eigenvalue weighted by molar-refractivity contribution is -0.145. The van der Waals surface area contributed by atoms with E-state index in [0.29, 0.717) is 24.4 Å². The van der Waals surface area contributed by atoms with Gasteiger partial charge in [-0.15, -0.1) is 5.54 Å². The van der Waals surface area contributed by atoms with Gasteiger partial charge in [-0.05, 0) is 49.6 Å². The number of hydrogen-bond donors (Lipinski definition) is 0. The zero-order valence-corrected chi connectivity index (χ0v) is 19.0. The first kappa shape index (κ1) is 22.0. The van der Waals surface area contributed by atoms with E-state index in [9.17, 15) is 9.59 Å². The molecule has 0 bridgehead atoms. The van der Waals surface area contributed by atoms with Crippen LogP contribution in [0.4, 0.5) is 0 Å². The summed E-state index contributed by atoms with van der Waals surface area (Å²) in [7, 11) is 0.115. The van der Waals surface area contributed by atoms with Gasteiger partial charge in [-0.3, -0.25) is 9.59 Å². The van der Waals surface area contributed by atoms with E-state index in [1.807, 2.05) is 26.0 Å². The van der Waals surface area contributed by atoms with Crippen molar-refractivity contribution >= 4 is 25.4 Å². The predicted octanol–water partition coefficient (Wildman–Crippen LogP) is 4.43. The molecule has 0 radical (unpaired) electrons. The fraction of sp³-hybridized carbons (Fsp3) is 0.478. The third-order valence-corrected chi connectivity index (χ3v) is 5.53. The Bertz CT molecular complexity index is 855. The van der Waals surface area contributed by atoms with Crippen LogP contribution in [0.15, 0.2) is 17.9 Å². The third-order valence-electron chi connectivity index (χ3n) is 4.66. The van der Waals surface area contributed by atoms with Crippen LogP contribution in [0.3, 0.4) is 0 Å². The van der Waals surface area contributed by atoms with Crippen molar-refractivity contribution in [3.8, 4) is 11.5 Å². The number of carbonyl (C=O) groups is 2. The van der Waals surface area contributed by atoms with Crippen LogP contribution in [-0.4, -0.2) is 33.5 Å². The second kappa shape index (κ2) is 8.79. The molecule has 0 N–H and O–H groups in total. The summed E-state index contributed by atoms with van der Waals surface area (Å²) in [5.41, 5.74) is 7.83. The summed E-state index contributed by atoms with van der Waals surface area (Å²) in [6.07, 6.45) is 0.514. The van der Waals surface area contributed by atoms with Crippen LogP contribution in [0.1, 0.15) is 42.0 Å².